The van der Waals surface area contributed by atoms with E-state index in [4.69, 9.17) is 0 Å². The zero-order chi connectivity index (χ0) is 17.5. The van der Waals surface area contributed by atoms with Gasteiger partial charge in [-0.3, -0.25) is 9.59 Å². The summed E-state index contributed by atoms with van der Waals surface area (Å²) in [6, 6.07) is 8.13. The van der Waals surface area contributed by atoms with Crippen molar-refractivity contribution < 1.29 is 18.3 Å². The summed E-state index contributed by atoms with van der Waals surface area (Å²) in [5.74, 6) is -0.503. The van der Waals surface area contributed by atoms with E-state index in [-0.39, 0.29) is 17.0 Å². The quantitative estimate of drug-likeness (QED) is 0.843. The fourth-order valence-corrected chi connectivity index (χ4v) is 1.95. The Morgan fingerprint density at radius 1 is 1.25 bits per heavy atom. The van der Waals surface area contributed by atoms with Crippen LogP contribution in [0.25, 0.3) is 0 Å². The molecule has 0 radical (unpaired) electrons. The molecule has 0 atom stereocenters. The number of anilines is 1. The van der Waals surface area contributed by atoms with Crippen molar-refractivity contribution in [3.05, 3.63) is 52.4 Å². The first-order valence-corrected chi connectivity index (χ1v) is 7.44. The Morgan fingerprint density at radius 2 is 1.96 bits per heavy atom. The fraction of sp³-hybridized carbons (Fsp3) is 0.312. The van der Waals surface area contributed by atoms with Gasteiger partial charge in [0.15, 0.2) is 0 Å². The van der Waals surface area contributed by atoms with Crippen molar-refractivity contribution in [3.63, 3.8) is 0 Å². The van der Waals surface area contributed by atoms with Crippen molar-refractivity contribution in [1.29, 1.82) is 0 Å². The molecule has 0 spiro atoms. The maximum atomic E-state index is 12.2. The molecule has 2 rings (SSSR count). The van der Waals surface area contributed by atoms with Crippen LogP contribution in [-0.4, -0.2) is 22.3 Å². The number of unbranched alkanes of at least 4 members (excludes halogenated alkanes) is 1. The van der Waals surface area contributed by atoms with Gasteiger partial charge in [0.05, 0.1) is 0 Å². The van der Waals surface area contributed by atoms with E-state index in [0.717, 1.165) is 12.8 Å². The number of benzene rings is 1. The average Bonchev–Trinajstić information content (AvgIpc) is 2.55. The Balaban J connectivity index is 2.07. The third-order valence-electron chi connectivity index (χ3n) is 3.16. The first kappa shape index (κ1) is 17.6. The number of nitrogens with one attached hydrogen (secondary N) is 1. The molecular weight excluding hydrogens is 320 g/mol. The number of carbonyl (C=O) groups is 1. The van der Waals surface area contributed by atoms with Crippen LogP contribution < -0.4 is 15.6 Å². The van der Waals surface area contributed by atoms with Crippen LogP contribution in [0.15, 0.2) is 41.2 Å². The number of ether oxygens (including phenoxy) is 1. The van der Waals surface area contributed by atoms with Crippen LogP contribution in [0, 0.1) is 0 Å². The Morgan fingerprint density at radius 3 is 2.58 bits per heavy atom. The van der Waals surface area contributed by atoms with E-state index in [1.807, 2.05) is 6.92 Å². The molecule has 128 valence electrons. The van der Waals surface area contributed by atoms with E-state index < -0.39 is 12.5 Å². The predicted molar refractivity (Wildman–Crippen MR) is 84.4 cm³/mol. The highest BCUT2D eigenvalue weighted by molar-refractivity contribution is 6.02. The monoisotopic (exact) mass is 337 g/mol. The number of carbonyl (C=O) groups excluding carboxylic acids is 1. The number of hydrogen-bond acceptors (Lipinski definition) is 4. The second-order valence-electron chi connectivity index (χ2n) is 4.99. The van der Waals surface area contributed by atoms with Gasteiger partial charge in [-0.25, -0.2) is 4.68 Å². The number of amides is 1. The molecule has 0 aliphatic carbocycles. The van der Waals surface area contributed by atoms with Crippen molar-refractivity contribution in [2.75, 3.05) is 5.32 Å². The molecule has 0 unspecified atom stereocenters. The lowest BCUT2D eigenvalue weighted by molar-refractivity contribution is -0.0498. The van der Waals surface area contributed by atoms with Crippen molar-refractivity contribution in [2.45, 2.75) is 32.9 Å². The maximum Gasteiger partial charge on any atom is 0.387 e. The standard InChI is InChI=1S/C16H17F2N3O3/c1-2-3-10-21-14(22)9-8-13(20-21)15(23)19-11-4-6-12(7-5-11)24-16(17)18/h4-9,16H,2-3,10H2,1H3,(H,19,23). The van der Waals surface area contributed by atoms with Gasteiger partial charge in [0.25, 0.3) is 11.5 Å². The molecule has 0 fully saturated rings. The third kappa shape index (κ3) is 4.87. The van der Waals surface area contributed by atoms with Gasteiger partial charge >= 0.3 is 6.61 Å². The molecule has 6 nitrogen and oxygen atoms in total. The molecule has 0 bridgehead atoms. The lowest BCUT2D eigenvalue weighted by Crippen LogP contribution is -2.26. The molecule has 1 heterocycles. The van der Waals surface area contributed by atoms with Crippen LogP contribution in [0.3, 0.4) is 0 Å². The van der Waals surface area contributed by atoms with Crippen molar-refractivity contribution in [2.24, 2.45) is 0 Å². The summed E-state index contributed by atoms with van der Waals surface area (Å²) in [6.45, 7) is -0.474. The van der Waals surface area contributed by atoms with Gasteiger partial charge in [0.2, 0.25) is 0 Å². The summed E-state index contributed by atoms with van der Waals surface area (Å²) in [4.78, 5) is 23.9. The van der Waals surface area contributed by atoms with Crippen LogP contribution in [0.4, 0.5) is 14.5 Å². The van der Waals surface area contributed by atoms with E-state index in [9.17, 15) is 18.4 Å². The molecule has 0 saturated carbocycles. The largest absolute Gasteiger partial charge is 0.435 e. The van der Waals surface area contributed by atoms with Crippen LogP contribution in [0.2, 0.25) is 0 Å². The number of aryl methyl sites for hydroxylation is 1. The summed E-state index contributed by atoms with van der Waals surface area (Å²) in [6.07, 6.45) is 1.68. The van der Waals surface area contributed by atoms with Gasteiger partial charge < -0.3 is 10.1 Å². The number of rotatable bonds is 7. The van der Waals surface area contributed by atoms with Gasteiger partial charge in [0, 0.05) is 18.3 Å². The SMILES string of the molecule is CCCCn1nc(C(=O)Nc2ccc(OC(F)F)cc2)ccc1=O. The molecule has 0 aliphatic heterocycles. The van der Waals surface area contributed by atoms with Gasteiger partial charge in [0.1, 0.15) is 11.4 Å². The van der Waals surface area contributed by atoms with E-state index in [2.05, 4.69) is 15.2 Å². The molecule has 2 aromatic rings. The lowest BCUT2D eigenvalue weighted by atomic mass is 10.3. The number of aromatic nitrogens is 2. The zero-order valence-corrected chi connectivity index (χ0v) is 13.0. The lowest BCUT2D eigenvalue weighted by Gasteiger charge is -2.08. The fourth-order valence-electron chi connectivity index (χ4n) is 1.95. The normalized spacial score (nSPS) is 10.7. The second kappa shape index (κ2) is 8.19. The van der Waals surface area contributed by atoms with E-state index in [1.165, 1.54) is 41.1 Å². The smallest absolute Gasteiger partial charge is 0.387 e. The topological polar surface area (TPSA) is 73.2 Å². The second-order valence-corrected chi connectivity index (χ2v) is 4.99. The molecule has 8 heteroatoms. The van der Waals surface area contributed by atoms with Crippen molar-refractivity contribution in [3.8, 4) is 5.75 Å². The third-order valence-corrected chi connectivity index (χ3v) is 3.16. The highest BCUT2D eigenvalue weighted by atomic mass is 19.3. The molecule has 0 saturated heterocycles. The van der Waals surface area contributed by atoms with Crippen LogP contribution >= 0.6 is 0 Å². The minimum absolute atomic E-state index is 0.00533. The molecule has 1 aromatic heterocycles. The number of nitrogens with zero attached hydrogens (tertiary/aromatic N) is 2. The summed E-state index contributed by atoms with van der Waals surface area (Å²) >= 11 is 0. The minimum Gasteiger partial charge on any atom is -0.435 e. The summed E-state index contributed by atoms with van der Waals surface area (Å²) in [5.41, 5.74) is 0.224. The molecule has 1 N–H and O–H groups in total. The number of hydrogen-bond donors (Lipinski definition) is 1. The average molecular weight is 337 g/mol. The zero-order valence-electron chi connectivity index (χ0n) is 13.0. The molecular formula is C16H17F2N3O3. The molecule has 0 aliphatic rings. The Hall–Kier alpha value is -2.77. The molecule has 1 aromatic carbocycles. The Kier molecular flexibility index (Phi) is 6.00. The highest BCUT2D eigenvalue weighted by Gasteiger charge is 2.10. The van der Waals surface area contributed by atoms with Crippen LogP contribution in [0.5, 0.6) is 5.75 Å². The first-order valence-electron chi connectivity index (χ1n) is 7.44. The van der Waals surface area contributed by atoms with E-state index >= 15 is 0 Å². The first-order chi connectivity index (χ1) is 11.5. The van der Waals surface area contributed by atoms with Crippen LogP contribution in [0.1, 0.15) is 30.3 Å². The highest BCUT2D eigenvalue weighted by Crippen LogP contribution is 2.18. The van der Waals surface area contributed by atoms with Gasteiger partial charge in [-0.15, -0.1) is 0 Å². The summed E-state index contributed by atoms with van der Waals surface area (Å²) < 4.78 is 29.6. The van der Waals surface area contributed by atoms with E-state index in [0.29, 0.717) is 12.2 Å². The molecule has 1 amide bonds. The predicted octanol–water partition coefficient (Wildman–Crippen LogP) is 2.90. The Bertz CT molecular complexity index is 745. The van der Waals surface area contributed by atoms with Crippen molar-refractivity contribution >= 4 is 11.6 Å². The van der Waals surface area contributed by atoms with E-state index in [1.54, 1.807) is 0 Å². The number of alkyl halides is 2. The summed E-state index contributed by atoms with van der Waals surface area (Å²) in [5, 5.41) is 6.61. The maximum absolute atomic E-state index is 12.2. The molecule has 24 heavy (non-hydrogen) atoms. The van der Waals surface area contributed by atoms with Crippen molar-refractivity contribution in [1.82, 2.24) is 9.78 Å². The summed E-state index contributed by atoms with van der Waals surface area (Å²) in [7, 11) is 0. The van der Waals surface area contributed by atoms with Gasteiger partial charge in [-0.1, -0.05) is 13.3 Å². The van der Waals surface area contributed by atoms with Crippen LogP contribution in [-0.2, 0) is 6.54 Å². The van der Waals surface area contributed by atoms with Gasteiger partial charge in [-0.05, 0) is 36.8 Å². The van der Waals surface area contributed by atoms with Gasteiger partial charge in [-0.2, -0.15) is 13.9 Å². The number of halogens is 2. The Labute approximate surface area is 137 Å². The minimum atomic E-state index is -2.90.